The van der Waals surface area contributed by atoms with Crippen molar-refractivity contribution in [2.45, 2.75) is 26.2 Å². The third kappa shape index (κ3) is 5.38. The van der Waals surface area contributed by atoms with Crippen molar-refractivity contribution in [1.29, 1.82) is 0 Å². The summed E-state index contributed by atoms with van der Waals surface area (Å²) >= 11 is 1.62. The van der Waals surface area contributed by atoms with Gasteiger partial charge in [0.15, 0.2) is 5.82 Å². The number of aromatic nitrogens is 3. The zero-order valence-electron chi connectivity index (χ0n) is 17.9. The van der Waals surface area contributed by atoms with Crippen LogP contribution in [0.15, 0.2) is 41.8 Å². The summed E-state index contributed by atoms with van der Waals surface area (Å²) in [4.78, 5) is 19.5. The number of ether oxygens (including phenoxy) is 1. The number of carbonyl (C=O) groups excluding carboxylic acids is 1. The van der Waals surface area contributed by atoms with Crippen molar-refractivity contribution < 1.29 is 9.53 Å². The SMILES string of the molecule is COc1ccc(-c2nc(CCNC(=O)C3CCN(c4ccc(C)nn4)CC3)cs2)cc1. The summed E-state index contributed by atoms with van der Waals surface area (Å²) in [6.45, 7) is 4.19. The Balaban J connectivity index is 1.22. The van der Waals surface area contributed by atoms with E-state index < -0.39 is 0 Å². The van der Waals surface area contributed by atoms with Gasteiger partial charge in [-0.25, -0.2) is 4.98 Å². The summed E-state index contributed by atoms with van der Waals surface area (Å²) in [6, 6.07) is 11.9. The van der Waals surface area contributed by atoms with Gasteiger partial charge >= 0.3 is 0 Å². The molecule has 162 valence electrons. The Hall–Kier alpha value is -3.00. The van der Waals surface area contributed by atoms with E-state index in [0.29, 0.717) is 6.54 Å². The van der Waals surface area contributed by atoms with Gasteiger partial charge in [-0.3, -0.25) is 4.79 Å². The van der Waals surface area contributed by atoms with Crippen molar-refractivity contribution in [3.63, 3.8) is 0 Å². The topological polar surface area (TPSA) is 80.2 Å². The number of hydrogen-bond acceptors (Lipinski definition) is 7. The molecule has 1 saturated heterocycles. The van der Waals surface area contributed by atoms with Crippen molar-refractivity contribution in [3.05, 3.63) is 53.2 Å². The minimum Gasteiger partial charge on any atom is -0.497 e. The van der Waals surface area contributed by atoms with E-state index in [1.165, 1.54) is 0 Å². The monoisotopic (exact) mass is 437 g/mol. The number of rotatable bonds is 7. The highest BCUT2D eigenvalue weighted by Gasteiger charge is 2.25. The first-order valence-corrected chi connectivity index (χ1v) is 11.4. The number of hydrogen-bond donors (Lipinski definition) is 1. The molecule has 8 heteroatoms. The van der Waals surface area contributed by atoms with E-state index in [4.69, 9.17) is 9.72 Å². The highest BCUT2D eigenvalue weighted by Crippen LogP contribution is 2.26. The molecule has 2 aromatic heterocycles. The number of methoxy groups -OCH3 is 1. The van der Waals surface area contributed by atoms with Crippen LogP contribution in [0.4, 0.5) is 5.82 Å². The molecule has 3 heterocycles. The second kappa shape index (κ2) is 9.87. The fourth-order valence-electron chi connectivity index (χ4n) is 3.68. The molecular weight excluding hydrogens is 410 g/mol. The van der Waals surface area contributed by atoms with Crippen molar-refractivity contribution in [3.8, 4) is 16.3 Å². The molecule has 0 atom stereocenters. The van der Waals surface area contributed by atoms with Crippen LogP contribution in [0.5, 0.6) is 5.75 Å². The first-order valence-electron chi connectivity index (χ1n) is 10.5. The Kier molecular flexibility index (Phi) is 6.76. The molecule has 0 bridgehead atoms. The van der Waals surface area contributed by atoms with Gasteiger partial charge in [0.2, 0.25) is 5.91 Å². The number of nitrogens with zero attached hydrogens (tertiary/aromatic N) is 4. The number of anilines is 1. The Morgan fingerprint density at radius 1 is 1.16 bits per heavy atom. The smallest absolute Gasteiger partial charge is 0.223 e. The predicted molar refractivity (Wildman–Crippen MR) is 123 cm³/mol. The highest BCUT2D eigenvalue weighted by molar-refractivity contribution is 7.13. The third-order valence-electron chi connectivity index (χ3n) is 5.54. The molecule has 0 saturated carbocycles. The summed E-state index contributed by atoms with van der Waals surface area (Å²) < 4.78 is 5.20. The van der Waals surface area contributed by atoms with Gasteiger partial charge in [-0.15, -0.1) is 16.4 Å². The number of piperidine rings is 1. The van der Waals surface area contributed by atoms with Crippen LogP contribution in [0.1, 0.15) is 24.2 Å². The summed E-state index contributed by atoms with van der Waals surface area (Å²) in [7, 11) is 1.66. The molecule has 0 spiro atoms. The van der Waals surface area contributed by atoms with E-state index in [-0.39, 0.29) is 11.8 Å². The number of aryl methyl sites for hydroxylation is 1. The number of thiazole rings is 1. The summed E-state index contributed by atoms with van der Waals surface area (Å²) in [5.74, 6) is 1.92. The van der Waals surface area contributed by atoms with E-state index in [0.717, 1.165) is 65.9 Å². The molecule has 1 aliphatic heterocycles. The van der Waals surface area contributed by atoms with E-state index in [2.05, 4.69) is 25.8 Å². The van der Waals surface area contributed by atoms with Crippen LogP contribution in [0, 0.1) is 12.8 Å². The Morgan fingerprint density at radius 3 is 2.61 bits per heavy atom. The van der Waals surface area contributed by atoms with Crippen LogP contribution in [0.3, 0.4) is 0 Å². The number of amides is 1. The lowest BCUT2D eigenvalue weighted by atomic mass is 9.96. The maximum atomic E-state index is 12.6. The summed E-state index contributed by atoms with van der Waals surface area (Å²) in [5, 5.41) is 14.5. The zero-order valence-corrected chi connectivity index (χ0v) is 18.7. The maximum Gasteiger partial charge on any atom is 0.223 e. The van der Waals surface area contributed by atoms with Crippen molar-refractivity contribution >= 4 is 23.1 Å². The second-order valence-corrected chi connectivity index (χ2v) is 8.57. The van der Waals surface area contributed by atoms with Crippen molar-refractivity contribution in [2.24, 2.45) is 5.92 Å². The summed E-state index contributed by atoms with van der Waals surface area (Å²) in [6.07, 6.45) is 2.40. The largest absolute Gasteiger partial charge is 0.497 e. The predicted octanol–water partition coefficient (Wildman–Crippen LogP) is 3.49. The van der Waals surface area contributed by atoms with E-state index in [1.54, 1.807) is 18.4 Å². The number of benzene rings is 1. The molecule has 3 aromatic rings. The molecule has 4 rings (SSSR count). The van der Waals surface area contributed by atoms with Gasteiger partial charge in [0.25, 0.3) is 0 Å². The van der Waals surface area contributed by atoms with Gasteiger partial charge in [0.1, 0.15) is 10.8 Å². The molecule has 31 heavy (non-hydrogen) atoms. The van der Waals surface area contributed by atoms with Gasteiger partial charge < -0.3 is 15.0 Å². The first kappa shape index (κ1) is 21.2. The molecule has 0 radical (unpaired) electrons. The minimum absolute atomic E-state index is 0.0555. The zero-order chi connectivity index (χ0) is 21.6. The molecule has 1 N–H and O–H groups in total. The molecule has 7 nitrogen and oxygen atoms in total. The molecule has 1 aliphatic rings. The van der Waals surface area contributed by atoms with Gasteiger partial charge in [0.05, 0.1) is 18.5 Å². The lowest BCUT2D eigenvalue weighted by Gasteiger charge is -2.31. The number of carbonyl (C=O) groups is 1. The van der Waals surface area contributed by atoms with E-state index in [1.807, 2.05) is 43.3 Å². The number of nitrogens with one attached hydrogen (secondary N) is 1. The van der Waals surface area contributed by atoms with Crippen molar-refractivity contribution in [2.75, 3.05) is 31.6 Å². The standard InChI is InChI=1S/C23H27N5O2S/c1-16-3-8-21(27-26-16)28-13-10-17(11-14-28)22(29)24-12-9-19-15-31-23(25-19)18-4-6-20(30-2)7-5-18/h3-8,15,17H,9-14H2,1-2H3,(H,24,29). The normalized spacial score (nSPS) is 14.5. The van der Waals surface area contributed by atoms with Crippen LogP contribution >= 0.6 is 11.3 Å². The van der Waals surface area contributed by atoms with Crippen LogP contribution in [0.2, 0.25) is 0 Å². The summed E-state index contributed by atoms with van der Waals surface area (Å²) in [5.41, 5.74) is 2.99. The van der Waals surface area contributed by atoms with Crippen LogP contribution < -0.4 is 15.0 Å². The quantitative estimate of drug-likeness (QED) is 0.609. The molecule has 1 aromatic carbocycles. The van der Waals surface area contributed by atoms with Crippen LogP contribution in [-0.4, -0.2) is 47.8 Å². The van der Waals surface area contributed by atoms with Crippen LogP contribution in [-0.2, 0) is 11.2 Å². The van der Waals surface area contributed by atoms with E-state index >= 15 is 0 Å². The fraction of sp³-hybridized carbons (Fsp3) is 0.391. The Labute approximate surface area is 186 Å². The average molecular weight is 438 g/mol. The first-order chi connectivity index (χ1) is 15.1. The minimum atomic E-state index is 0.0555. The van der Waals surface area contributed by atoms with Crippen molar-refractivity contribution in [1.82, 2.24) is 20.5 Å². The second-order valence-electron chi connectivity index (χ2n) is 7.71. The lowest BCUT2D eigenvalue weighted by molar-refractivity contribution is -0.125. The highest BCUT2D eigenvalue weighted by atomic mass is 32.1. The molecule has 1 amide bonds. The van der Waals surface area contributed by atoms with E-state index in [9.17, 15) is 4.79 Å². The third-order valence-corrected chi connectivity index (χ3v) is 6.48. The Bertz CT molecular complexity index is 996. The van der Waals surface area contributed by atoms with Gasteiger partial charge in [-0.1, -0.05) is 0 Å². The fourth-order valence-corrected chi connectivity index (χ4v) is 4.54. The van der Waals surface area contributed by atoms with Gasteiger partial charge in [-0.05, 0) is 56.2 Å². The average Bonchev–Trinajstić information content (AvgIpc) is 3.28. The van der Waals surface area contributed by atoms with Gasteiger partial charge in [-0.2, -0.15) is 5.10 Å². The van der Waals surface area contributed by atoms with Crippen LogP contribution in [0.25, 0.3) is 10.6 Å². The lowest BCUT2D eigenvalue weighted by Crippen LogP contribution is -2.41. The molecular formula is C23H27N5O2S. The van der Waals surface area contributed by atoms with Gasteiger partial charge in [0, 0.05) is 42.9 Å². The molecule has 0 aliphatic carbocycles. The maximum absolute atomic E-state index is 12.6. The molecule has 0 unspecified atom stereocenters. The molecule has 1 fully saturated rings. The Morgan fingerprint density at radius 2 is 1.94 bits per heavy atom.